The fourth-order valence-electron chi connectivity index (χ4n) is 3.63. The van der Waals surface area contributed by atoms with Crippen LogP contribution in [0.3, 0.4) is 0 Å². The number of hydrogen-bond donors (Lipinski definition) is 4. The van der Waals surface area contributed by atoms with Gasteiger partial charge in [-0.25, -0.2) is 13.8 Å². The van der Waals surface area contributed by atoms with Crippen molar-refractivity contribution in [2.75, 3.05) is 6.54 Å². The second-order valence-corrected chi connectivity index (χ2v) is 7.94. The van der Waals surface area contributed by atoms with Crippen LogP contribution in [0.25, 0.3) is 11.6 Å². The highest BCUT2D eigenvalue weighted by atomic mass is 35.5. The van der Waals surface area contributed by atoms with Crippen LogP contribution >= 0.6 is 11.6 Å². The van der Waals surface area contributed by atoms with Gasteiger partial charge < -0.3 is 20.5 Å². The highest BCUT2D eigenvalue weighted by molar-refractivity contribution is 6.31. The average Bonchev–Trinajstić information content (AvgIpc) is 3.35. The number of H-pyrrole nitrogens is 1. The number of carbonyl (C=O) groups is 1. The van der Waals surface area contributed by atoms with Crippen molar-refractivity contribution < 1.29 is 19.4 Å². The molecule has 1 unspecified atom stereocenters. The minimum atomic E-state index is -2.20. The van der Waals surface area contributed by atoms with E-state index in [0.717, 1.165) is 0 Å². The number of nitrogens with one attached hydrogen (secondary N) is 2. The van der Waals surface area contributed by atoms with E-state index in [9.17, 15) is 24.2 Å². The minimum absolute atomic E-state index is 0.0276. The largest absolute Gasteiger partial charge is 0.493 e. The van der Waals surface area contributed by atoms with Gasteiger partial charge in [-0.05, 0) is 24.3 Å². The number of amides is 1. The summed E-state index contributed by atoms with van der Waals surface area (Å²) in [6.07, 6.45) is 2.72. The van der Waals surface area contributed by atoms with Crippen LogP contribution in [0.5, 0.6) is 5.88 Å². The molecule has 34 heavy (non-hydrogen) atoms. The molecule has 4 N–H and O–H groups in total. The van der Waals surface area contributed by atoms with E-state index in [4.69, 9.17) is 16.9 Å². The molecule has 2 aromatic carbocycles. The van der Waals surface area contributed by atoms with Gasteiger partial charge in [0.05, 0.1) is 23.2 Å². The lowest BCUT2D eigenvalue weighted by atomic mass is 10.0. The highest BCUT2D eigenvalue weighted by Gasteiger charge is 2.37. The number of aliphatic hydroxyl groups is 1. The summed E-state index contributed by atoms with van der Waals surface area (Å²) in [6.45, 7) is 0.778. The van der Waals surface area contributed by atoms with Crippen LogP contribution < -0.4 is 11.0 Å². The van der Waals surface area contributed by atoms with Crippen LogP contribution in [0.4, 0.5) is 10.1 Å². The van der Waals surface area contributed by atoms with E-state index in [0.29, 0.717) is 21.3 Å². The Morgan fingerprint density at radius 3 is 2.71 bits per heavy atom. The van der Waals surface area contributed by atoms with Gasteiger partial charge in [0, 0.05) is 29.8 Å². The zero-order chi connectivity index (χ0) is 24.6. The van der Waals surface area contributed by atoms with E-state index >= 15 is 0 Å². The third-order valence-corrected chi connectivity index (χ3v) is 5.63. The van der Waals surface area contributed by atoms with Crippen LogP contribution in [0.15, 0.2) is 46.2 Å². The summed E-state index contributed by atoms with van der Waals surface area (Å²) in [6, 6.07) is 10.5. The molecule has 1 aromatic heterocycles. The van der Waals surface area contributed by atoms with Crippen LogP contribution in [0.2, 0.25) is 5.02 Å². The van der Waals surface area contributed by atoms with Crippen LogP contribution in [0, 0.1) is 17.1 Å². The maximum Gasteiger partial charge on any atom is 0.331 e. The maximum absolute atomic E-state index is 14.2. The predicted molar refractivity (Wildman–Crippen MR) is 123 cm³/mol. The zero-order valence-electron chi connectivity index (χ0n) is 17.6. The van der Waals surface area contributed by atoms with Gasteiger partial charge in [0.1, 0.15) is 11.4 Å². The van der Waals surface area contributed by atoms with Crippen LogP contribution in [-0.4, -0.2) is 38.4 Å². The first-order valence-corrected chi connectivity index (χ1v) is 10.3. The molecule has 0 spiro atoms. The number of fused-ring (bicyclic) bond motifs is 1. The molecule has 0 radical (unpaired) electrons. The number of aromatic hydroxyl groups is 1. The number of aromatic nitrogens is 2. The van der Waals surface area contributed by atoms with Gasteiger partial charge in [-0.3, -0.25) is 9.79 Å². The average molecular weight is 482 g/mol. The Bertz CT molecular complexity index is 1470. The summed E-state index contributed by atoms with van der Waals surface area (Å²) in [4.78, 5) is 30.8. The van der Waals surface area contributed by atoms with Gasteiger partial charge >= 0.3 is 5.69 Å². The summed E-state index contributed by atoms with van der Waals surface area (Å²) in [5.41, 5.74) is -1.89. The van der Waals surface area contributed by atoms with Gasteiger partial charge in [0.15, 0.2) is 11.5 Å². The number of halogens is 2. The van der Waals surface area contributed by atoms with Gasteiger partial charge in [0.25, 0.3) is 0 Å². The van der Waals surface area contributed by atoms with E-state index in [2.05, 4.69) is 15.3 Å². The lowest BCUT2D eigenvalue weighted by Gasteiger charge is -2.30. The lowest BCUT2D eigenvalue weighted by Crippen LogP contribution is -2.49. The molecular weight excluding hydrogens is 465 g/mol. The van der Waals surface area contributed by atoms with Crippen molar-refractivity contribution >= 4 is 41.1 Å². The Labute approximate surface area is 197 Å². The molecule has 1 atom stereocenters. The first-order chi connectivity index (χ1) is 16.2. The smallest absolute Gasteiger partial charge is 0.331 e. The Hall–Kier alpha value is -4.20. The number of nitriles is 1. The van der Waals surface area contributed by atoms with Crippen LogP contribution in [-0.2, 0) is 10.5 Å². The third kappa shape index (κ3) is 3.87. The summed E-state index contributed by atoms with van der Waals surface area (Å²) in [5, 5.41) is 33.8. The summed E-state index contributed by atoms with van der Waals surface area (Å²) in [7, 11) is 0. The first kappa shape index (κ1) is 23.0. The fraction of sp³-hybridized carbons (Fsp3) is 0.130. The molecule has 0 saturated heterocycles. The molecule has 0 bridgehead atoms. The maximum atomic E-state index is 14.2. The summed E-state index contributed by atoms with van der Waals surface area (Å²) in [5.74, 6) is -1.80. The zero-order valence-corrected chi connectivity index (χ0v) is 18.4. The van der Waals surface area contributed by atoms with Gasteiger partial charge in [-0.2, -0.15) is 5.26 Å². The van der Waals surface area contributed by atoms with E-state index in [-0.39, 0.29) is 22.0 Å². The monoisotopic (exact) mass is 481 g/mol. The predicted octanol–water partition coefficient (Wildman–Crippen LogP) is 2.63. The molecule has 11 heteroatoms. The van der Waals surface area contributed by atoms with Crippen molar-refractivity contribution in [3.8, 4) is 11.9 Å². The SMILES string of the molecule is CC(=O)NCC(O)(c1ccc(C#N)cc1)n1c(O)c(/C=C2\C=Nc3c2ccc(Cl)c3F)[nH]c1=O. The number of benzene rings is 2. The van der Waals surface area contributed by atoms with E-state index in [1.54, 1.807) is 6.07 Å². The molecule has 172 valence electrons. The van der Waals surface area contributed by atoms with E-state index in [1.807, 2.05) is 6.07 Å². The van der Waals surface area contributed by atoms with E-state index in [1.165, 1.54) is 49.5 Å². The molecule has 1 aliphatic heterocycles. The number of nitrogens with zero attached hydrogens (tertiary/aromatic N) is 3. The second-order valence-electron chi connectivity index (χ2n) is 7.53. The van der Waals surface area contributed by atoms with Crippen molar-refractivity contribution in [2.45, 2.75) is 12.6 Å². The highest BCUT2D eigenvalue weighted by Crippen LogP contribution is 2.38. The lowest BCUT2D eigenvalue weighted by molar-refractivity contribution is -0.120. The van der Waals surface area contributed by atoms with Crippen molar-refractivity contribution in [1.29, 1.82) is 5.26 Å². The molecule has 0 fully saturated rings. The number of hydrogen-bond acceptors (Lipinski definition) is 6. The molecule has 0 saturated carbocycles. The molecular formula is C23H17ClFN5O4. The molecule has 1 aliphatic rings. The second kappa shape index (κ2) is 8.62. The molecule has 9 nitrogen and oxygen atoms in total. The third-order valence-electron chi connectivity index (χ3n) is 5.34. The first-order valence-electron chi connectivity index (χ1n) is 9.91. The summed E-state index contributed by atoms with van der Waals surface area (Å²) < 4.78 is 14.9. The normalized spacial score (nSPS) is 15.1. The number of allylic oxidation sites excluding steroid dienone is 1. The van der Waals surface area contributed by atoms with Crippen molar-refractivity contribution in [3.05, 3.63) is 80.1 Å². The minimum Gasteiger partial charge on any atom is -0.493 e. The van der Waals surface area contributed by atoms with Gasteiger partial charge in [-0.1, -0.05) is 29.8 Å². The number of imidazole rings is 1. The van der Waals surface area contributed by atoms with E-state index < -0.39 is 35.6 Å². The van der Waals surface area contributed by atoms with Crippen molar-refractivity contribution in [1.82, 2.24) is 14.9 Å². The molecule has 2 heterocycles. The number of rotatable bonds is 5. The van der Waals surface area contributed by atoms with Crippen molar-refractivity contribution in [3.63, 3.8) is 0 Å². The van der Waals surface area contributed by atoms with Gasteiger partial charge in [-0.15, -0.1) is 0 Å². The van der Waals surface area contributed by atoms with Crippen molar-refractivity contribution in [2.24, 2.45) is 4.99 Å². The van der Waals surface area contributed by atoms with Crippen LogP contribution in [0.1, 0.15) is 29.3 Å². The molecule has 0 aliphatic carbocycles. The molecule has 3 aromatic rings. The number of aliphatic imine (C=N–C) groups is 1. The fourth-order valence-corrected chi connectivity index (χ4v) is 3.78. The number of aromatic amines is 1. The number of carbonyl (C=O) groups excluding carboxylic acids is 1. The summed E-state index contributed by atoms with van der Waals surface area (Å²) >= 11 is 5.79. The molecule has 1 amide bonds. The standard InChI is InChI=1S/C23H17ClFN5O4/c1-12(31)28-11-23(34,15-4-2-13(9-26)3-5-15)30-21(32)18(29-22(30)33)8-14-10-27-20-16(14)6-7-17(24)19(20)25/h2-8,10,32,34H,11H2,1H3,(H,28,31)(H,29,33)/b14-8+. The Morgan fingerprint density at radius 2 is 2.06 bits per heavy atom. The Kier molecular flexibility index (Phi) is 5.83. The topological polar surface area (TPSA) is 144 Å². The Balaban J connectivity index is 1.83. The Morgan fingerprint density at radius 1 is 1.35 bits per heavy atom. The molecule has 4 rings (SSSR count). The van der Waals surface area contributed by atoms with Gasteiger partial charge in [0.2, 0.25) is 11.8 Å². The quantitative estimate of drug-likeness (QED) is 0.443.